The Balaban J connectivity index is 1.80. The molecule has 2 atom stereocenters. The largest absolute Gasteiger partial charge is 0.298 e. The third kappa shape index (κ3) is 5.20. The number of sulfonamides is 1. The van der Waals surface area contributed by atoms with Gasteiger partial charge < -0.3 is 0 Å². The fraction of sp³-hybridized carbons (Fsp3) is 0.381. The van der Waals surface area contributed by atoms with Crippen molar-refractivity contribution in [2.24, 2.45) is 0 Å². The zero-order chi connectivity index (χ0) is 22.8. The summed E-state index contributed by atoms with van der Waals surface area (Å²) in [5, 5.41) is 11.3. The van der Waals surface area contributed by atoms with Gasteiger partial charge in [-0.1, -0.05) is 40.2 Å². The molecular formula is C21H24BrN3O5S. The van der Waals surface area contributed by atoms with Gasteiger partial charge in [0, 0.05) is 36.2 Å². The summed E-state index contributed by atoms with van der Waals surface area (Å²) in [6.07, 6.45) is 0.534. The van der Waals surface area contributed by atoms with Crippen LogP contribution in [0.25, 0.3) is 0 Å². The first kappa shape index (κ1) is 23.5. The maximum absolute atomic E-state index is 13.2. The van der Waals surface area contributed by atoms with Crippen LogP contribution in [0.4, 0.5) is 5.69 Å². The minimum atomic E-state index is -4.05. The number of rotatable bonds is 7. The molecule has 2 aromatic rings. The molecule has 1 fully saturated rings. The highest BCUT2D eigenvalue weighted by Crippen LogP contribution is 2.29. The van der Waals surface area contributed by atoms with E-state index in [2.05, 4.69) is 15.9 Å². The molecule has 10 heteroatoms. The van der Waals surface area contributed by atoms with E-state index < -0.39 is 26.7 Å². The monoisotopic (exact) mass is 509 g/mol. The van der Waals surface area contributed by atoms with Crippen molar-refractivity contribution in [1.82, 2.24) is 9.21 Å². The highest BCUT2D eigenvalue weighted by atomic mass is 79.9. The minimum Gasteiger partial charge on any atom is -0.298 e. The van der Waals surface area contributed by atoms with Gasteiger partial charge in [-0.2, -0.15) is 4.31 Å². The predicted octanol–water partition coefficient (Wildman–Crippen LogP) is 3.25. The number of Topliss-reactive ketones (excluding diaryl/α,β-unsaturated/α-hetero) is 1. The van der Waals surface area contributed by atoms with Gasteiger partial charge in [0.05, 0.1) is 11.0 Å². The Morgan fingerprint density at radius 3 is 2.42 bits per heavy atom. The quantitative estimate of drug-likeness (QED) is 0.419. The molecule has 0 bridgehead atoms. The Labute approximate surface area is 190 Å². The summed E-state index contributed by atoms with van der Waals surface area (Å²) in [5.41, 5.74) is 0.583. The number of hydrogen-bond acceptors (Lipinski definition) is 6. The number of nitrogens with zero attached hydrogens (tertiary/aromatic N) is 3. The second-order valence-electron chi connectivity index (χ2n) is 7.64. The van der Waals surface area contributed by atoms with E-state index in [-0.39, 0.29) is 23.3 Å². The van der Waals surface area contributed by atoms with Crippen molar-refractivity contribution in [1.29, 1.82) is 0 Å². The summed E-state index contributed by atoms with van der Waals surface area (Å²) in [4.78, 5) is 24.7. The number of carbonyl (C=O) groups is 1. The first-order chi connectivity index (χ1) is 14.6. The van der Waals surface area contributed by atoms with E-state index in [9.17, 15) is 23.3 Å². The van der Waals surface area contributed by atoms with Gasteiger partial charge in [0.25, 0.3) is 5.69 Å². The Bertz CT molecular complexity index is 1070. The summed E-state index contributed by atoms with van der Waals surface area (Å²) in [6.45, 7) is 4.19. The summed E-state index contributed by atoms with van der Waals surface area (Å²) in [5.74, 6) is 0.0186. The molecule has 8 nitrogen and oxygen atoms in total. The van der Waals surface area contributed by atoms with Crippen LogP contribution in [-0.4, -0.2) is 60.0 Å². The molecule has 2 aromatic carbocycles. The standard InChI is InChI=1S/C21H24BrN3O5S/c1-15-14-23(20(16(2)26)13-17-7-9-18(22)10-8-17)11-12-24(15)31(29,30)21-6-4-3-5-19(21)25(27)28/h3-10,15,20H,11-14H2,1-2H3/t15-,20-/m0/s1. The van der Waals surface area contributed by atoms with Gasteiger partial charge >= 0.3 is 0 Å². The second-order valence-corrected chi connectivity index (χ2v) is 10.4. The van der Waals surface area contributed by atoms with Crippen LogP contribution in [0.2, 0.25) is 0 Å². The normalized spacial score (nSPS) is 19.1. The molecule has 0 amide bonds. The van der Waals surface area contributed by atoms with Crippen LogP contribution in [0.3, 0.4) is 0 Å². The molecule has 0 N–H and O–H groups in total. The van der Waals surface area contributed by atoms with Crippen molar-refractivity contribution in [3.8, 4) is 0 Å². The van der Waals surface area contributed by atoms with E-state index in [0.29, 0.717) is 19.5 Å². The number of nitro groups is 1. The maximum atomic E-state index is 13.2. The molecule has 0 radical (unpaired) electrons. The van der Waals surface area contributed by atoms with Crippen molar-refractivity contribution in [3.05, 3.63) is 68.7 Å². The van der Waals surface area contributed by atoms with E-state index >= 15 is 0 Å². The Hall–Kier alpha value is -2.14. The van der Waals surface area contributed by atoms with E-state index in [1.807, 2.05) is 29.2 Å². The molecule has 3 rings (SSSR count). The summed E-state index contributed by atoms with van der Waals surface area (Å²) in [6, 6.07) is 12.3. The van der Waals surface area contributed by atoms with Crippen molar-refractivity contribution in [3.63, 3.8) is 0 Å². The molecule has 0 aliphatic carbocycles. The number of piperazine rings is 1. The van der Waals surface area contributed by atoms with Crippen LogP contribution >= 0.6 is 15.9 Å². The lowest BCUT2D eigenvalue weighted by atomic mass is 10.00. The SMILES string of the molecule is CC(=O)[C@H](Cc1ccc(Br)cc1)N1CCN(S(=O)(=O)c2ccccc2[N+](=O)[O-])[C@@H](C)C1. The van der Waals surface area contributed by atoms with Crippen LogP contribution in [0.15, 0.2) is 57.9 Å². The lowest BCUT2D eigenvalue weighted by molar-refractivity contribution is -0.387. The van der Waals surface area contributed by atoms with Gasteiger partial charge in [-0.3, -0.25) is 19.8 Å². The van der Waals surface area contributed by atoms with E-state index in [0.717, 1.165) is 10.0 Å². The van der Waals surface area contributed by atoms with Gasteiger partial charge in [-0.05, 0) is 44.0 Å². The van der Waals surface area contributed by atoms with E-state index in [1.54, 1.807) is 13.8 Å². The topological polar surface area (TPSA) is 101 Å². The van der Waals surface area contributed by atoms with Gasteiger partial charge in [0.1, 0.15) is 5.78 Å². The van der Waals surface area contributed by atoms with E-state index in [4.69, 9.17) is 0 Å². The summed E-state index contributed by atoms with van der Waals surface area (Å²) in [7, 11) is -4.05. The Kier molecular flexibility index (Phi) is 7.25. The average Bonchev–Trinajstić information content (AvgIpc) is 2.72. The molecule has 0 aromatic heterocycles. The third-order valence-electron chi connectivity index (χ3n) is 5.50. The zero-order valence-corrected chi connectivity index (χ0v) is 19.7. The fourth-order valence-corrected chi connectivity index (χ4v) is 5.97. The number of benzene rings is 2. The summed E-state index contributed by atoms with van der Waals surface area (Å²) < 4.78 is 28.6. The number of carbonyl (C=O) groups excluding carboxylic acids is 1. The molecule has 1 aliphatic heterocycles. The minimum absolute atomic E-state index is 0.0186. The molecular weight excluding hydrogens is 486 g/mol. The molecule has 166 valence electrons. The first-order valence-electron chi connectivity index (χ1n) is 9.85. The van der Waals surface area contributed by atoms with Gasteiger partial charge in [0.15, 0.2) is 4.90 Å². The highest BCUT2D eigenvalue weighted by molar-refractivity contribution is 9.10. The number of hydrogen-bond donors (Lipinski definition) is 0. The number of nitro benzene ring substituents is 1. The van der Waals surface area contributed by atoms with Crippen LogP contribution < -0.4 is 0 Å². The Morgan fingerprint density at radius 2 is 1.84 bits per heavy atom. The smallest absolute Gasteiger partial charge is 0.289 e. The van der Waals surface area contributed by atoms with Crippen molar-refractivity contribution < 1.29 is 18.1 Å². The number of ketones is 1. The molecule has 0 spiro atoms. The average molecular weight is 510 g/mol. The lowest BCUT2D eigenvalue weighted by Crippen LogP contribution is -2.58. The second kappa shape index (κ2) is 9.56. The van der Waals surface area contributed by atoms with Crippen LogP contribution in [-0.2, 0) is 21.2 Å². The lowest BCUT2D eigenvalue weighted by Gasteiger charge is -2.41. The zero-order valence-electron chi connectivity index (χ0n) is 17.3. The molecule has 0 unspecified atom stereocenters. The molecule has 0 saturated carbocycles. The van der Waals surface area contributed by atoms with Crippen molar-refractivity contribution >= 4 is 37.4 Å². The van der Waals surface area contributed by atoms with E-state index in [1.165, 1.54) is 28.6 Å². The third-order valence-corrected chi connectivity index (χ3v) is 8.09. The van der Waals surface area contributed by atoms with Crippen molar-refractivity contribution in [2.75, 3.05) is 19.6 Å². The maximum Gasteiger partial charge on any atom is 0.289 e. The molecule has 31 heavy (non-hydrogen) atoms. The first-order valence-corrected chi connectivity index (χ1v) is 12.1. The predicted molar refractivity (Wildman–Crippen MR) is 120 cm³/mol. The van der Waals surface area contributed by atoms with Crippen LogP contribution in [0.1, 0.15) is 19.4 Å². The number of para-hydroxylation sites is 1. The highest BCUT2D eigenvalue weighted by Gasteiger charge is 2.39. The van der Waals surface area contributed by atoms with Crippen LogP contribution in [0, 0.1) is 10.1 Å². The van der Waals surface area contributed by atoms with Gasteiger partial charge in [-0.25, -0.2) is 8.42 Å². The fourth-order valence-electron chi connectivity index (χ4n) is 3.94. The number of halogens is 1. The molecule has 1 heterocycles. The molecule has 1 saturated heterocycles. The van der Waals surface area contributed by atoms with Gasteiger partial charge in [-0.15, -0.1) is 0 Å². The summed E-state index contributed by atoms with van der Waals surface area (Å²) >= 11 is 3.40. The Morgan fingerprint density at radius 1 is 1.19 bits per heavy atom. The molecule has 1 aliphatic rings. The van der Waals surface area contributed by atoms with Crippen molar-refractivity contribution in [2.45, 2.75) is 37.2 Å². The van der Waals surface area contributed by atoms with Crippen LogP contribution in [0.5, 0.6) is 0 Å². The van der Waals surface area contributed by atoms with Gasteiger partial charge in [0.2, 0.25) is 10.0 Å².